The number of unbranched alkanes of at least 4 members (excludes halogenated alkanes) is 2. The van der Waals surface area contributed by atoms with Crippen LogP contribution in [-0.4, -0.2) is 69.3 Å². The van der Waals surface area contributed by atoms with Gasteiger partial charge in [-0.05, 0) is 41.5 Å². The summed E-state index contributed by atoms with van der Waals surface area (Å²) in [5.41, 5.74) is 11.8. The standard InChI is InChI=1S/C32H36N6O5/c33-30-29-31(36-19-35-30)38(20-37-29)28-16-26(27(17-39)43-28)41-15-9-3-1-2-8-14-34-32(40)42-18-25-23-12-6-4-10-21(23)22-11-5-7-13-24(22)25/h3-7,9-13,19-20,25-28,39H,1-2,8,14-18H2,(H,34,40)(H2,33,35,36)/b9-3+/t26-,27+,28+/m0/s1. The minimum atomic E-state index is -0.445. The number of carbonyl (C=O) groups is 1. The number of anilines is 1. The number of carbonyl (C=O) groups excluding carboxylic acids is 1. The first-order chi connectivity index (χ1) is 21.1. The second kappa shape index (κ2) is 13.3. The van der Waals surface area contributed by atoms with Crippen LogP contribution < -0.4 is 11.1 Å². The van der Waals surface area contributed by atoms with Crippen molar-refractivity contribution in [2.24, 2.45) is 0 Å². The van der Waals surface area contributed by atoms with Gasteiger partial charge in [0.15, 0.2) is 11.5 Å². The Morgan fingerprint density at radius 2 is 1.84 bits per heavy atom. The number of nitrogens with one attached hydrogen (secondary N) is 1. The molecular formula is C32H36N6O5. The van der Waals surface area contributed by atoms with E-state index in [1.165, 1.54) is 28.6 Å². The molecule has 0 spiro atoms. The van der Waals surface area contributed by atoms with Gasteiger partial charge in [0, 0.05) is 18.9 Å². The van der Waals surface area contributed by atoms with E-state index in [-0.39, 0.29) is 30.9 Å². The molecule has 2 aromatic carbocycles. The number of aliphatic hydroxyl groups is 1. The number of hydrogen-bond donors (Lipinski definition) is 3. The van der Waals surface area contributed by atoms with E-state index >= 15 is 0 Å². The SMILES string of the molecule is Nc1ncnc2c1ncn2[C@H]1C[C@H](OC/C=C/CCCCNC(=O)OCC2c3ccccc3-c3ccccc32)[C@@H](CO)O1. The van der Waals surface area contributed by atoms with Crippen molar-refractivity contribution in [2.75, 3.05) is 32.1 Å². The summed E-state index contributed by atoms with van der Waals surface area (Å²) in [6.07, 6.45) is 8.77. The van der Waals surface area contributed by atoms with Crippen LogP contribution in [0.3, 0.4) is 0 Å². The fourth-order valence-electron chi connectivity index (χ4n) is 5.88. The topological polar surface area (TPSA) is 147 Å². The Morgan fingerprint density at radius 1 is 1.07 bits per heavy atom. The number of aliphatic hydroxyl groups excluding tert-OH is 1. The smallest absolute Gasteiger partial charge is 0.407 e. The summed E-state index contributed by atoms with van der Waals surface area (Å²) in [6.45, 7) is 1.13. The van der Waals surface area contributed by atoms with Gasteiger partial charge < -0.3 is 30.4 Å². The van der Waals surface area contributed by atoms with E-state index in [0.717, 1.165) is 19.3 Å². The van der Waals surface area contributed by atoms with Gasteiger partial charge in [0.1, 0.15) is 30.8 Å². The van der Waals surface area contributed by atoms with Gasteiger partial charge in [-0.3, -0.25) is 4.57 Å². The molecule has 3 heterocycles. The van der Waals surface area contributed by atoms with Gasteiger partial charge in [-0.25, -0.2) is 19.7 Å². The summed E-state index contributed by atoms with van der Waals surface area (Å²) >= 11 is 0. The first-order valence-electron chi connectivity index (χ1n) is 14.7. The third-order valence-corrected chi connectivity index (χ3v) is 8.04. The molecular weight excluding hydrogens is 548 g/mol. The molecule has 4 aromatic rings. The molecule has 1 aliphatic heterocycles. The normalized spacial score (nSPS) is 19.6. The number of aromatic nitrogens is 4. The molecule has 43 heavy (non-hydrogen) atoms. The van der Waals surface area contributed by atoms with Gasteiger partial charge in [0.2, 0.25) is 0 Å². The molecule has 0 radical (unpaired) electrons. The zero-order valence-corrected chi connectivity index (χ0v) is 23.8. The van der Waals surface area contributed by atoms with Crippen molar-refractivity contribution >= 4 is 23.1 Å². The third-order valence-electron chi connectivity index (χ3n) is 8.04. The van der Waals surface area contributed by atoms with Crippen LogP contribution in [0.1, 0.15) is 49.0 Å². The molecule has 0 saturated carbocycles. The average molecular weight is 585 g/mol. The summed E-state index contributed by atoms with van der Waals surface area (Å²) in [5.74, 6) is 0.367. The molecule has 2 aromatic heterocycles. The first kappa shape index (κ1) is 28.8. The van der Waals surface area contributed by atoms with Crippen LogP contribution >= 0.6 is 0 Å². The predicted octanol–water partition coefficient (Wildman–Crippen LogP) is 4.34. The van der Waals surface area contributed by atoms with Crippen molar-refractivity contribution in [1.82, 2.24) is 24.8 Å². The number of allylic oxidation sites excluding steroid dienone is 1. The minimum absolute atomic E-state index is 0.0551. The van der Waals surface area contributed by atoms with Gasteiger partial charge in [-0.2, -0.15) is 0 Å². The van der Waals surface area contributed by atoms with Crippen molar-refractivity contribution in [1.29, 1.82) is 0 Å². The lowest BCUT2D eigenvalue weighted by Gasteiger charge is -2.15. The van der Waals surface area contributed by atoms with Crippen molar-refractivity contribution in [2.45, 2.75) is 50.0 Å². The van der Waals surface area contributed by atoms with E-state index in [1.807, 2.05) is 30.3 Å². The maximum atomic E-state index is 12.3. The molecule has 1 amide bonds. The summed E-state index contributed by atoms with van der Waals surface area (Å²) in [6, 6.07) is 16.6. The molecule has 4 N–H and O–H groups in total. The second-order valence-corrected chi connectivity index (χ2v) is 10.7. The van der Waals surface area contributed by atoms with Crippen LogP contribution in [0.4, 0.5) is 10.6 Å². The van der Waals surface area contributed by atoms with E-state index in [0.29, 0.717) is 43.2 Å². The highest BCUT2D eigenvalue weighted by molar-refractivity contribution is 5.81. The molecule has 0 bridgehead atoms. The van der Waals surface area contributed by atoms with Gasteiger partial charge in [0.25, 0.3) is 0 Å². The third kappa shape index (κ3) is 6.24. The number of alkyl carbamates (subject to hydrolysis) is 1. The van der Waals surface area contributed by atoms with Crippen LogP contribution in [0.15, 0.2) is 73.3 Å². The molecule has 11 nitrogen and oxygen atoms in total. The van der Waals surface area contributed by atoms with Crippen LogP contribution in [-0.2, 0) is 14.2 Å². The number of hydrogen-bond acceptors (Lipinski definition) is 9. The first-order valence-corrected chi connectivity index (χ1v) is 14.7. The van der Waals surface area contributed by atoms with E-state index in [2.05, 4.69) is 50.6 Å². The number of benzene rings is 2. The second-order valence-electron chi connectivity index (χ2n) is 10.7. The number of nitrogen functional groups attached to an aromatic ring is 1. The van der Waals surface area contributed by atoms with Crippen LogP contribution in [0.25, 0.3) is 22.3 Å². The highest BCUT2D eigenvalue weighted by Gasteiger charge is 2.37. The number of fused-ring (bicyclic) bond motifs is 4. The molecule has 2 aliphatic rings. The lowest BCUT2D eigenvalue weighted by Crippen LogP contribution is -2.27. The summed E-state index contributed by atoms with van der Waals surface area (Å²) < 4.78 is 19.4. The van der Waals surface area contributed by atoms with Gasteiger partial charge in [-0.1, -0.05) is 60.7 Å². The van der Waals surface area contributed by atoms with Crippen molar-refractivity contribution < 1.29 is 24.1 Å². The largest absolute Gasteiger partial charge is 0.449 e. The molecule has 3 atom stereocenters. The Morgan fingerprint density at radius 3 is 2.60 bits per heavy atom. The summed E-state index contributed by atoms with van der Waals surface area (Å²) in [5, 5.41) is 12.7. The van der Waals surface area contributed by atoms with Crippen LogP contribution in [0.2, 0.25) is 0 Å². The fourth-order valence-corrected chi connectivity index (χ4v) is 5.88. The number of nitrogens with two attached hydrogens (primary N) is 1. The van der Waals surface area contributed by atoms with Crippen molar-refractivity contribution in [3.05, 3.63) is 84.5 Å². The van der Waals surface area contributed by atoms with E-state index in [4.69, 9.17) is 19.9 Å². The highest BCUT2D eigenvalue weighted by Crippen LogP contribution is 2.44. The number of imidazole rings is 1. The van der Waals surface area contributed by atoms with E-state index < -0.39 is 6.10 Å². The lowest BCUT2D eigenvalue weighted by molar-refractivity contribution is -0.0562. The zero-order valence-electron chi connectivity index (χ0n) is 23.8. The van der Waals surface area contributed by atoms with Gasteiger partial charge in [0.05, 0.1) is 25.6 Å². The number of nitrogens with zero attached hydrogens (tertiary/aromatic N) is 4. The number of rotatable bonds is 12. The van der Waals surface area contributed by atoms with Gasteiger partial charge >= 0.3 is 6.09 Å². The monoisotopic (exact) mass is 584 g/mol. The highest BCUT2D eigenvalue weighted by atomic mass is 16.6. The Bertz CT molecular complexity index is 1540. The minimum Gasteiger partial charge on any atom is -0.449 e. The Balaban J connectivity index is 0.871. The Hall–Kier alpha value is -4.32. The Kier molecular flexibility index (Phi) is 8.92. The molecule has 1 fully saturated rings. The fraction of sp³-hybridized carbons (Fsp3) is 0.375. The van der Waals surface area contributed by atoms with E-state index in [9.17, 15) is 9.90 Å². The zero-order chi connectivity index (χ0) is 29.6. The van der Waals surface area contributed by atoms with Gasteiger partial charge in [-0.15, -0.1) is 0 Å². The summed E-state index contributed by atoms with van der Waals surface area (Å²) in [7, 11) is 0. The van der Waals surface area contributed by atoms with Crippen molar-refractivity contribution in [3.8, 4) is 11.1 Å². The molecule has 1 aliphatic carbocycles. The number of ether oxygens (including phenoxy) is 3. The van der Waals surface area contributed by atoms with Crippen LogP contribution in [0, 0.1) is 0 Å². The van der Waals surface area contributed by atoms with Crippen molar-refractivity contribution in [3.63, 3.8) is 0 Å². The molecule has 11 heteroatoms. The number of amides is 1. The maximum Gasteiger partial charge on any atom is 0.407 e. The average Bonchev–Trinajstić information content (AvgIpc) is 3.73. The molecule has 1 saturated heterocycles. The maximum absolute atomic E-state index is 12.3. The Labute approximate surface area is 249 Å². The molecule has 0 unspecified atom stereocenters. The predicted molar refractivity (Wildman–Crippen MR) is 161 cm³/mol. The molecule has 224 valence electrons. The van der Waals surface area contributed by atoms with E-state index in [1.54, 1.807) is 10.9 Å². The van der Waals surface area contributed by atoms with Crippen LogP contribution in [0.5, 0.6) is 0 Å². The lowest BCUT2D eigenvalue weighted by atomic mass is 9.98. The molecule has 6 rings (SSSR count). The quantitative estimate of drug-likeness (QED) is 0.163. The summed E-state index contributed by atoms with van der Waals surface area (Å²) in [4.78, 5) is 24.9.